The maximum absolute atomic E-state index is 12.0. The van der Waals surface area contributed by atoms with Crippen molar-refractivity contribution in [3.8, 4) is 5.75 Å². The van der Waals surface area contributed by atoms with Crippen LogP contribution in [0.5, 0.6) is 5.75 Å². The number of aliphatic hydroxyl groups is 1. The molecule has 2 aromatic rings. The van der Waals surface area contributed by atoms with E-state index in [1.54, 1.807) is 0 Å². The van der Waals surface area contributed by atoms with Crippen LogP contribution in [0.25, 0.3) is 0 Å². The summed E-state index contributed by atoms with van der Waals surface area (Å²) < 4.78 is 35.9. The van der Waals surface area contributed by atoms with Crippen molar-refractivity contribution in [2.45, 2.75) is 11.4 Å². The Morgan fingerprint density at radius 1 is 1.30 bits per heavy atom. The van der Waals surface area contributed by atoms with Gasteiger partial charge in [0.05, 0.1) is 18.0 Å². The minimum atomic E-state index is -3.65. The molecule has 1 aromatic heterocycles. The maximum atomic E-state index is 12.0. The van der Waals surface area contributed by atoms with Gasteiger partial charge in [0.1, 0.15) is 12.4 Å². The van der Waals surface area contributed by atoms with Gasteiger partial charge >= 0.3 is 0 Å². The Bertz CT molecular complexity index is 625. The number of aliphatic hydroxyl groups excluding tert-OH is 1. The molecule has 0 aliphatic rings. The SMILES string of the molecule is O=S(=O)(NCc1ncon1)c1ccc(OCCO)cc1. The van der Waals surface area contributed by atoms with Gasteiger partial charge in [-0.2, -0.15) is 4.98 Å². The summed E-state index contributed by atoms with van der Waals surface area (Å²) in [6.07, 6.45) is 1.12. The molecule has 1 aromatic carbocycles. The Hall–Kier alpha value is -1.97. The molecule has 0 atom stereocenters. The molecule has 0 radical (unpaired) electrons. The summed E-state index contributed by atoms with van der Waals surface area (Å²) in [5, 5.41) is 12.1. The second-order valence-electron chi connectivity index (χ2n) is 3.72. The van der Waals surface area contributed by atoms with Gasteiger partial charge in [-0.15, -0.1) is 0 Å². The van der Waals surface area contributed by atoms with E-state index in [9.17, 15) is 8.42 Å². The summed E-state index contributed by atoms with van der Waals surface area (Å²) in [5.41, 5.74) is 0. The van der Waals surface area contributed by atoms with E-state index >= 15 is 0 Å². The molecule has 0 unspecified atom stereocenters. The Kier molecular flexibility index (Phi) is 4.66. The van der Waals surface area contributed by atoms with Crippen LogP contribution in [0.15, 0.2) is 40.1 Å². The summed E-state index contributed by atoms with van der Waals surface area (Å²) in [5.74, 6) is 0.729. The van der Waals surface area contributed by atoms with Gasteiger partial charge in [-0.25, -0.2) is 13.1 Å². The van der Waals surface area contributed by atoms with E-state index in [1.807, 2.05) is 0 Å². The molecule has 0 aliphatic carbocycles. The highest BCUT2D eigenvalue weighted by molar-refractivity contribution is 7.89. The Balaban J connectivity index is 2.01. The van der Waals surface area contributed by atoms with E-state index in [1.165, 1.54) is 24.3 Å². The zero-order valence-corrected chi connectivity index (χ0v) is 11.2. The smallest absolute Gasteiger partial charge is 0.240 e. The van der Waals surface area contributed by atoms with E-state index in [0.29, 0.717) is 5.75 Å². The number of aromatic nitrogens is 2. The van der Waals surface area contributed by atoms with E-state index in [2.05, 4.69) is 19.4 Å². The molecular weight excluding hydrogens is 286 g/mol. The fraction of sp³-hybridized carbons (Fsp3) is 0.273. The van der Waals surface area contributed by atoms with E-state index in [0.717, 1.165) is 6.39 Å². The van der Waals surface area contributed by atoms with Crippen LogP contribution in [-0.4, -0.2) is 36.9 Å². The average Bonchev–Trinajstić information content (AvgIpc) is 2.97. The number of ether oxygens (including phenoxy) is 1. The normalized spacial score (nSPS) is 11.4. The number of rotatable bonds is 7. The summed E-state index contributed by atoms with van der Waals surface area (Å²) >= 11 is 0. The monoisotopic (exact) mass is 299 g/mol. The molecule has 108 valence electrons. The Labute approximate surface area is 115 Å². The highest BCUT2D eigenvalue weighted by Crippen LogP contribution is 2.15. The van der Waals surface area contributed by atoms with Crippen LogP contribution >= 0.6 is 0 Å². The van der Waals surface area contributed by atoms with Crippen molar-refractivity contribution >= 4 is 10.0 Å². The molecule has 2 rings (SSSR count). The maximum Gasteiger partial charge on any atom is 0.240 e. The van der Waals surface area contributed by atoms with Gasteiger partial charge in [0, 0.05) is 0 Å². The van der Waals surface area contributed by atoms with Crippen molar-refractivity contribution < 1.29 is 22.8 Å². The van der Waals surface area contributed by atoms with Gasteiger partial charge in [0.25, 0.3) is 0 Å². The topological polar surface area (TPSA) is 115 Å². The predicted molar refractivity (Wildman–Crippen MR) is 67.3 cm³/mol. The minimum Gasteiger partial charge on any atom is -0.491 e. The van der Waals surface area contributed by atoms with Crippen LogP contribution < -0.4 is 9.46 Å². The molecular formula is C11H13N3O5S. The van der Waals surface area contributed by atoms with Gasteiger partial charge in [-0.1, -0.05) is 5.16 Å². The third-order valence-corrected chi connectivity index (χ3v) is 3.74. The lowest BCUT2D eigenvalue weighted by atomic mass is 10.3. The first-order valence-electron chi connectivity index (χ1n) is 5.70. The largest absolute Gasteiger partial charge is 0.491 e. The first-order chi connectivity index (χ1) is 9.62. The van der Waals surface area contributed by atoms with Crippen LogP contribution in [0.3, 0.4) is 0 Å². The molecule has 0 saturated carbocycles. The summed E-state index contributed by atoms with van der Waals surface area (Å²) in [6, 6.07) is 5.84. The molecule has 20 heavy (non-hydrogen) atoms. The molecule has 0 aliphatic heterocycles. The highest BCUT2D eigenvalue weighted by atomic mass is 32.2. The van der Waals surface area contributed by atoms with Crippen molar-refractivity contribution in [3.63, 3.8) is 0 Å². The molecule has 0 fully saturated rings. The lowest BCUT2D eigenvalue weighted by Crippen LogP contribution is -2.23. The van der Waals surface area contributed by atoms with Crippen LogP contribution in [-0.2, 0) is 16.6 Å². The molecule has 8 nitrogen and oxygen atoms in total. The van der Waals surface area contributed by atoms with Gasteiger partial charge in [-0.3, -0.25) is 0 Å². The van der Waals surface area contributed by atoms with Crippen LogP contribution in [0.4, 0.5) is 0 Å². The molecule has 0 saturated heterocycles. The summed E-state index contributed by atoms with van der Waals surface area (Å²) in [4.78, 5) is 3.81. The molecule has 0 amide bonds. The van der Waals surface area contributed by atoms with Gasteiger partial charge in [0.2, 0.25) is 16.4 Å². The van der Waals surface area contributed by atoms with Crippen molar-refractivity contribution in [3.05, 3.63) is 36.5 Å². The average molecular weight is 299 g/mol. The second kappa shape index (κ2) is 6.46. The van der Waals surface area contributed by atoms with E-state index < -0.39 is 10.0 Å². The van der Waals surface area contributed by atoms with Crippen molar-refractivity contribution in [2.24, 2.45) is 0 Å². The molecule has 9 heteroatoms. The number of nitrogens with one attached hydrogen (secondary N) is 1. The number of hydrogen-bond donors (Lipinski definition) is 2. The van der Waals surface area contributed by atoms with E-state index in [4.69, 9.17) is 9.84 Å². The molecule has 0 spiro atoms. The molecule has 1 heterocycles. The van der Waals surface area contributed by atoms with Crippen LogP contribution in [0.1, 0.15) is 5.82 Å². The third kappa shape index (κ3) is 3.76. The lowest BCUT2D eigenvalue weighted by molar-refractivity contribution is 0.201. The fourth-order valence-corrected chi connectivity index (χ4v) is 2.37. The van der Waals surface area contributed by atoms with Gasteiger partial charge in [0.15, 0.2) is 5.82 Å². The minimum absolute atomic E-state index is 0.0540. The third-order valence-electron chi connectivity index (χ3n) is 2.32. The molecule has 2 N–H and O–H groups in total. The second-order valence-corrected chi connectivity index (χ2v) is 5.48. The zero-order valence-electron chi connectivity index (χ0n) is 10.4. The quantitative estimate of drug-likeness (QED) is 0.734. The number of hydrogen-bond acceptors (Lipinski definition) is 7. The first-order valence-corrected chi connectivity index (χ1v) is 7.19. The lowest BCUT2D eigenvalue weighted by Gasteiger charge is -2.07. The highest BCUT2D eigenvalue weighted by Gasteiger charge is 2.14. The van der Waals surface area contributed by atoms with Crippen molar-refractivity contribution in [2.75, 3.05) is 13.2 Å². The van der Waals surface area contributed by atoms with Crippen molar-refractivity contribution in [1.29, 1.82) is 0 Å². The van der Waals surface area contributed by atoms with Gasteiger partial charge in [-0.05, 0) is 24.3 Å². The number of benzene rings is 1. The predicted octanol–water partition coefficient (Wildman–Crippen LogP) is -0.0808. The Morgan fingerprint density at radius 3 is 2.65 bits per heavy atom. The number of sulfonamides is 1. The summed E-state index contributed by atoms with van der Waals surface area (Å²) in [6.45, 7) is -0.00389. The van der Waals surface area contributed by atoms with Crippen LogP contribution in [0.2, 0.25) is 0 Å². The van der Waals surface area contributed by atoms with Crippen molar-refractivity contribution in [1.82, 2.24) is 14.9 Å². The number of nitrogens with zero attached hydrogens (tertiary/aromatic N) is 2. The summed E-state index contributed by atoms with van der Waals surface area (Å²) in [7, 11) is -3.65. The van der Waals surface area contributed by atoms with Gasteiger partial charge < -0.3 is 14.4 Å². The molecule has 0 bridgehead atoms. The zero-order chi connectivity index (χ0) is 14.4. The fourth-order valence-electron chi connectivity index (χ4n) is 1.39. The van der Waals surface area contributed by atoms with Crippen LogP contribution in [0, 0.1) is 0 Å². The van der Waals surface area contributed by atoms with E-state index in [-0.39, 0.29) is 30.5 Å². The standard InChI is InChI=1S/C11H13N3O5S/c15-5-6-18-9-1-3-10(4-2-9)20(16,17)13-7-11-12-8-19-14-11/h1-4,8,13,15H,5-7H2. The first kappa shape index (κ1) is 14.4. The Morgan fingerprint density at radius 2 is 2.05 bits per heavy atom.